The number of hydrogen-bond donors (Lipinski definition) is 0. The van der Waals surface area contributed by atoms with Crippen molar-refractivity contribution in [2.45, 2.75) is 0 Å². The van der Waals surface area contributed by atoms with Crippen molar-refractivity contribution in [2.24, 2.45) is 0 Å². The molecule has 0 fully saturated rings. The van der Waals surface area contributed by atoms with E-state index < -0.39 is 0 Å². The molecule has 0 N–H and O–H groups in total. The third-order valence-corrected chi connectivity index (χ3v) is 0.844. The van der Waals surface area contributed by atoms with Crippen LogP contribution in [0.15, 0.2) is 0 Å². The highest BCUT2D eigenvalue weighted by Gasteiger charge is 1.47. The zero-order chi connectivity index (χ0) is 4.12. The van der Waals surface area contributed by atoms with Gasteiger partial charge in [-0.2, -0.15) is 5.26 Å². The van der Waals surface area contributed by atoms with Crippen molar-refractivity contribution < 1.29 is 0 Å². The second-order valence-electron chi connectivity index (χ2n) is 0.407. The van der Waals surface area contributed by atoms with Gasteiger partial charge in [0.05, 0.1) is 6.07 Å². The fourth-order valence-corrected chi connectivity index (χ4v) is 0.300. The summed E-state index contributed by atoms with van der Waals surface area (Å²) in [5.74, 6) is 1.49. The molecule has 0 saturated heterocycles. The molecule has 0 amide bonds. The Morgan fingerprint density at radius 3 is 2.60 bits per heavy atom. The maximum absolute atomic E-state index is 7.74. The predicted molar refractivity (Wildman–Crippen MR) is 28.3 cm³/mol. The van der Waals surface area contributed by atoms with Crippen LogP contribution < -0.4 is 0 Å². The van der Waals surface area contributed by atoms with Gasteiger partial charge in [-0.1, -0.05) is 16.8 Å². The van der Waals surface area contributed by atoms with Crippen LogP contribution in [0.1, 0.15) is 0 Å². The SMILES string of the molecule is N#C/C=P/P. The monoisotopic (exact) mass is 103 g/mol. The number of rotatable bonds is 0. The van der Waals surface area contributed by atoms with Gasteiger partial charge in [-0.3, -0.25) is 0 Å². The second-order valence-corrected chi connectivity index (χ2v) is 1.86. The summed E-state index contributed by atoms with van der Waals surface area (Å²) in [6.45, 7) is 0. The summed E-state index contributed by atoms with van der Waals surface area (Å²) in [6.07, 6.45) is 0. The van der Waals surface area contributed by atoms with E-state index in [1.807, 2.05) is 6.07 Å². The molecule has 0 heterocycles. The quantitative estimate of drug-likeness (QED) is 0.420. The van der Waals surface area contributed by atoms with Gasteiger partial charge in [-0.15, -0.1) is 0 Å². The molecule has 0 spiro atoms. The zero-order valence-electron chi connectivity index (χ0n) is 2.55. The average Bonchev–Trinajstić information content (AvgIpc) is 1.41. The number of nitriles is 1. The smallest absolute Gasteiger partial charge is 0.0961 e. The second kappa shape index (κ2) is 4.09. The molecule has 0 radical (unpaired) electrons. The van der Waals surface area contributed by atoms with Crippen LogP contribution in [0, 0.1) is 11.3 Å². The Hall–Kier alpha value is 0.0900. The van der Waals surface area contributed by atoms with Gasteiger partial charge in [-0.25, -0.2) is 0 Å². The normalized spacial score (nSPS) is 8.00. The molecule has 0 bridgehead atoms. The Morgan fingerprint density at radius 2 is 2.60 bits per heavy atom. The lowest BCUT2D eigenvalue weighted by molar-refractivity contribution is 1.56. The molecule has 0 aliphatic rings. The maximum atomic E-state index is 7.74. The first-order valence-electron chi connectivity index (χ1n) is 1.03. The van der Waals surface area contributed by atoms with Crippen molar-refractivity contribution >= 4 is 22.6 Å². The van der Waals surface area contributed by atoms with Crippen molar-refractivity contribution in [1.82, 2.24) is 0 Å². The van der Waals surface area contributed by atoms with Gasteiger partial charge < -0.3 is 0 Å². The van der Waals surface area contributed by atoms with Crippen molar-refractivity contribution in [1.29, 1.82) is 5.26 Å². The summed E-state index contributed by atoms with van der Waals surface area (Å²) in [7, 11) is 3.35. The van der Waals surface area contributed by atoms with Crippen molar-refractivity contribution in [3.8, 4) is 6.07 Å². The lowest BCUT2D eigenvalue weighted by Gasteiger charge is -1.47. The topological polar surface area (TPSA) is 23.8 Å². The third kappa shape index (κ3) is 4.09. The van der Waals surface area contributed by atoms with Crippen LogP contribution in [0.3, 0.4) is 0 Å². The van der Waals surface area contributed by atoms with Crippen LogP contribution in [0.2, 0.25) is 0 Å². The molecule has 1 unspecified atom stereocenters. The Balaban J connectivity index is 3.04. The van der Waals surface area contributed by atoms with Crippen LogP contribution in [-0.2, 0) is 0 Å². The third-order valence-electron chi connectivity index (χ3n) is 0.132. The van der Waals surface area contributed by atoms with Gasteiger partial charge in [0.1, 0.15) is 0 Å². The molecule has 0 aromatic heterocycles. The van der Waals surface area contributed by atoms with Crippen LogP contribution >= 0.6 is 16.8 Å². The highest BCUT2D eigenvalue weighted by atomic mass is 32.0. The minimum Gasteiger partial charge on any atom is -0.193 e. The average molecular weight is 103 g/mol. The van der Waals surface area contributed by atoms with Crippen LogP contribution in [0.4, 0.5) is 0 Å². The summed E-state index contributed by atoms with van der Waals surface area (Å²) in [6, 6.07) is 1.86. The van der Waals surface area contributed by atoms with E-state index in [9.17, 15) is 0 Å². The summed E-state index contributed by atoms with van der Waals surface area (Å²) in [5, 5.41) is 7.74. The zero-order valence-corrected chi connectivity index (χ0v) is 4.60. The fraction of sp³-hybridized carbons (Fsp3) is 0. The van der Waals surface area contributed by atoms with Gasteiger partial charge in [0.2, 0.25) is 0 Å². The molecule has 3 heteroatoms. The first-order valence-corrected chi connectivity index (χ1v) is 3.61. The summed E-state index contributed by atoms with van der Waals surface area (Å²) in [4.78, 5) is 0. The molecular formula is C2H3NP2. The first-order chi connectivity index (χ1) is 2.41. The molecule has 0 aliphatic carbocycles. The van der Waals surface area contributed by atoms with E-state index in [1.54, 1.807) is 0 Å². The Labute approximate surface area is 34.9 Å². The van der Waals surface area contributed by atoms with E-state index in [0.717, 1.165) is 7.89 Å². The van der Waals surface area contributed by atoms with E-state index in [4.69, 9.17) is 5.26 Å². The van der Waals surface area contributed by atoms with Crippen LogP contribution in [-0.4, -0.2) is 5.80 Å². The summed E-state index contributed by atoms with van der Waals surface area (Å²) >= 11 is 0. The molecule has 26 valence electrons. The molecule has 1 atom stereocenters. The van der Waals surface area contributed by atoms with Gasteiger partial charge in [0.15, 0.2) is 0 Å². The Morgan fingerprint density at radius 1 is 2.00 bits per heavy atom. The number of nitrogens with zero attached hydrogens (tertiary/aromatic N) is 1. The van der Waals surface area contributed by atoms with E-state index in [2.05, 4.69) is 8.93 Å². The molecule has 0 aromatic rings. The van der Waals surface area contributed by atoms with E-state index >= 15 is 0 Å². The molecular weight excluding hydrogens is 100.0 g/mol. The fourth-order valence-electron chi connectivity index (χ4n) is 0.0333. The van der Waals surface area contributed by atoms with Gasteiger partial charge >= 0.3 is 0 Å². The van der Waals surface area contributed by atoms with Crippen LogP contribution in [0.5, 0.6) is 0 Å². The highest BCUT2D eigenvalue weighted by molar-refractivity contribution is 8.01. The Kier molecular flexibility index (Phi) is 4.16. The van der Waals surface area contributed by atoms with E-state index in [-0.39, 0.29) is 0 Å². The van der Waals surface area contributed by atoms with Gasteiger partial charge in [-0.05, 0) is 0 Å². The van der Waals surface area contributed by atoms with Crippen molar-refractivity contribution in [2.75, 3.05) is 0 Å². The van der Waals surface area contributed by atoms with Gasteiger partial charge in [0, 0.05) is 5.80 Å². The maximum Gasteiger partial charge on any atom is 0.0961 e. The summed E-state index contributed by atoms with van der Waals surface area (Å²) in [5.41, 5.74) is 0. The largest absolute Gasteiger partial charge is 0.193 e. The molecule has 0 aromatic carbocycles. The highest BCUT2D eigenvalue weighted by Crippen LogP contribution is 2.02. The van der Waals surface area contributed by atoms with E-state index in [1.165, 1.54) is 5.80 Å². The lowest BCUT2D eigenvalue weighted by atomic mass is 10.9. The molecule has 0 aliphatic heterocycles. The predicted octanol–water partition coefficient (Wildman–Crippen LogP) is 1.05. The molecule has 0 saturated carbocycles. The minimum absolute atomic E-state index is 0.960. The van der Waals surface area contributed by atoms with E-state index in [0.29, 0.717) is 0 Å². The van der Waals surface area contributed by atoms with Crippen molar-refractivity contribution in [3.63, 3.8) is 0 Å². The molecule has 0 rings (SSSR count). The molecule has 5 heavy (non-hydrogen) atoms. The Bertz CT molecular complexity index is 70.2. The lowest BCUT2D eigenvalue weighted by Crippen LogP contribution is -1.40. The van der Waals surface area contributed by atoms with Crippen molar-refractivity contribution in [3.05, 3.63) is 0 Å². The van der Waals surface area contributed by atoms with Gasteiger partial charge in [0.25, 0.3) is 0 Å². The summed E-state index contributed by atoms with van der Waals surface area (Å²) < 4.78 is 0. The molecule has 1 nitrogen and oxygen atoms in total. The minimum atomic E-state index is 0.960. The number of hydrogen-bond acceptors (Lipinski definition) is 1. The standard InChI is InChI=1S/C2H3NP2/c3-1-2-5-4/h2H,4H2. The van der Waals surface area contributed by atoms with Crippen LogP contribution in [0.25, 0.3) is 0 Å². The first kappa shape index (κ1) is 5.09.